The summed E-state index contributed by atoms with van der Waals surface area (Å²) < 4.78 is 41.1. The zero-order valence-corrected chi connectivity index (χ0v) is 17.4. The van der Waals surface area contributed by atoms with Crippen LogP contribution >= 0.6 is 0 Å². The predicted molar refractivity (Wildman–Crippen MR) is 111 cm³/mol. The van der Waals surface area contributed by atoms with Crippen LogP contribution in [-0.2, 0) is 11.2 Å². The quantitative estimate of drug-likeness (QED) is 0.458. The van der Waals surface area contributed by atoms with Crippen LogP contribution in [0.3, 0.4) is 0 Å². The van der Waals surface area contributed by atoms with Crippen molar-refractivity contribution in [2.45, 2.75) is 44.0 Å². The molecule has 0 saturated carbocycles. The minimum absolute atomic E-state index is 0.128. The minimum Gasteiger partial charge on any atom is -0.494 e. The van der Waals surface area contributed by atoms with Gasteiger partial charge in [-0.25, -0.2) is 8.78 Å². The van der Waals surface area contributed by atoms with Gasteiger partial charge in [0, 0.05) is 24.1 Å². The molecule has 0 bridgehead atoms. The summed E-state index contributed by atoms with van der Waals surface area (Å²) in [6, 6.07) is 8.57. The SMILES string of the molecule is CCOc1ccc(Cc2cn([C@@H]3O[C@H](CO)[C@@H](O)[C@H](O)[C@H]3O)c3ccc(F)cc23)c(F)c1. The van der Waals surface area contributed by atoms with E-state index in [1.165, 1.54) is 28.8 Å². The van der Waals surface area contributed by atoms with Crippen molar-refractivity contribution in [2.24, 2.45) is 0 Å². The van der Waals surface area contributed by atoms with E-state index in [-0.39, 0.29) is 6.42 Å². The average Bonchev–Trinajstić information content (AvgIpc) is 3.11. The molecule has 7 nitrogen and oxygen atoms in total. The number of aromatic nitrogens is 1. The van der Waals surface area contributed by atoms with Gasteiger partial charge in [0.15, 0.2) is 6.23 Å². The molecule has 2 aromatic carbocycles. The number of aliphatic hydroxyl groups is 4. The highest BCUT2D eigenvalue weighted by Gasteiger charge is 2.44. The van der Waals surface area contributed by atoms with Crippen LogP contribution in [0, 0.1) is 11.6 Å². The maximum atomic E-state index is 14.6. The maximum absolute atomic E-state index is 14.6. The van der Waals surface area contributed by atoms with Crippen LogP contribution in [0.4, 0.5) is 8.78 Å². The van der Waals surface area contributed by atoms with Crippen molar-refractivity contribution in [3.63, 3.8) is 0 Å². The number of halogens is 2. The minimum atomic E-state index is -1.56. The number of hydrogen-bond donors (Lipinski definition) is 4. The fourth-order valence-corrected chi connectivity index (χ4v) is 4.09. The molecule has 1 aromatic heterocycles. The summed E-state index contributed by atoms with van der Waals surface area (Å²) in [5, 5.41) is 40.7. The second-order valence-corrected chi connectivity index (χ2v) is 7.81. The molecule has 0 spiro atoms. The predicted octanol–water partition coefficient (Wildman–Crippen LogP) is 1.88. The van der Waals surface area contributed by atoms with Crippen molar-refractivity contribution in [3.8, 4) is 5.75 Å². The number of rotatable bonds is 6. The van der Waals surface area contributed by atoms with E-state index < -0.39 is 48.9 Å². The molecule has 1 fully saturated rings. The van der Waals surface area contributed by atoms with Gasteiger partial charge in [-0.3, -0.25) is 0 Å². The first-order valence-electron chi connectivity index (χ1n) is 10.3. The highest BCUT2D eigenvalue weighted by Crippen LogP contribution is 2.34. The van der Waals surface area contributed by atoms with Crippen LogP contribution in [0.15, 0.2) is 42.6 Å². The summed E-state index contributed by atoms with van der Waals surface area (Å²) in [5.74, 6) is -0.554. The third-order valence-electron chi connectivity index (χ3n) is 5.74. The molecule has 0 unspecified atom stereocenters. The topological polar surface area (TPSA) is 104 Å². The number of benzene rings is 2. The highest BCUT2D eigenvalue weighted by molar-refractivity contribution is 5.84. The van der Waals surface area contributed by atoms with Gasteiger partial charge >= 0.3 is 0 Å². The smallest absolute Gasteiger partial charge is 0.163 e. The van der Waals surface area contributed by atoms with Crippen LogP contribution in [0.2, 0.25) is 0 Å². The van der Waals surface area contributed by atoms with Gasteiger partial charge in [-0.15, -0.1) is 0 Å². The summed E-state index contributed by atoms with van der Waals surface area (Å²) in [5.41, 5.74) is 1.42. The fourth-order valence-electron chi connectivity index (χ4n) is 4.09. The largest absolute Gasteiger partial charge is 0.494 e. The molecule has 32 heavy (non-hydrogen) atoms. The Morgan fingerprint density at radius 2 is 1.78 bits per heavy atom. The summed E-state index contributed by atoms with van der Waals surface area (Å²) in [6.07, 6.45) is -5.10. The Morgan fingerprint density at radius 1 is 1.00 bits per heavy atom. The van der Waals surface area contributed by atoms with E-state index >= 15 is 0 Å². The molecule has 4 N–H and O–H groups in total. The lowest BCUT2D eigenvalue weighted by Gasteiger charge is -2.40. The van der Waals surface area contributed by atoms with E-state index in [4.69, 9.17) is 9.47 Å². The van der Waals surface area contributed by atoms with Gasteiger partial charge in [-0.1, -0.05) is 6.07 Å². The van der Waals surface area contributed by atoms with Gasteiger partial charge in [0.25, 0.3) is 0 Å². The van der Waals surface area contributed by atoms with Crippen LogP contribution in [-0.4, -0.2) is 62.6 Å². The van der Waals surface area contributed by atoms with E-state index in [0.29, 0.717) is 34.4 Å². The molecule has 2 heterocycles. The van der Waals surface area contributed by atoms with Gasteiger partial charge in [0.1, 0.15) is 41.8 Å². The summed E-state index contributed by atoms with van der Waals surface area (Å²) in [7, 11) is 0. The van der Waals surface area contributed by atoms with Crippen molar-refractivity contribution in [3.05, 3.63) is 65.4 Å². The third kappa shape index (κ3) is 4.10. The third-order valence-corrected chi connectivity index (χ3v) is 5.74. The Kier molecular flexibility index (Phi) is 6.45. The molecule has 0 radical (unpaired) electrons. The van der Waals surface area contributed by atoms with Crippen molar-refractivity contribution in [2.75, 3.05) is 13.2 Å². The Balaban J connectivity index is 1.75. The molecule has 4 rings (SSSR count). The summed E-state index contributed by atoms with van der Waals surface area (Å²) in [4.78, 5) is 0. The van der Waals surface area contributed by atoms with E-state index in [9.17, 15) is 29.2 Å². The standard InChI is InChI=1S/C23H25F2NO6/c1-2-31-15-5-3-12(17(25)9-15)7-13-10-26(18-6-4-14(24)8-16(13)18)23-22(30)21(29)20(28)19(11-27)32-23/h3-6,8-10,19-23,27-30H,2,7,11H2,1H3/t19-,20-,21+,22-,23-/m1/s1. The van der Waals surface area contributed by atoms with Crippen molar-refractivity contribution >= 4 is 10.9 Å². The fraction of sp³-hybridized carbons (Fsp3) is 0.391. The Morgan fingerprint density at radius 3 is 2.47 bits per heavy atom. The van der Waals surface area contributed by atoms with E-state index in [1.807, 2.05) is 0 Å². The van der Waals surface area contributed by atoms with E-state index in [0.717, 1.165) is 0 Å². The van der Waals surface area contributed by atoms with Gasteiger partial charge in [-0.05, 0) is 42.3 Å². The Labute approximate surface area is 183 Å². The molecular weight excluding hydrogens is 424 g/mol. The molecule has 5 atom stereocenters. The average molecular weight is 449 g/mol. The summed E-state index contributed by atoms with van der Waals surface area (Å²) in [6.45, 7) is 1.64. The zero-order chi connectivity index (χ0) is 23.0. The van der Waals surface area contributed by atoms with Gasteiger partial charge in [-0.2, -0.15) is 0 Å². The van der Waals surface area contributed by atoms with Crippen molar-refractivity contribution in [1.82, 2.24) is 4.57 Å². The molecule has 0 amide bonds. The molecular formula is C23H25F2NO6. The van der Waals surface area contributed by atoms with Gasteiger partial charge in [0.2, 0.25) is 0 Å². The molecule has 1 aliphatic heterocycles. The first kappa shape index (κ1) is 22.6. The Hall–Kier alpha value is -2.56. The van der Waals surface area contributed by atoms with Crippen LogP contribution in [0.1, 0.15) is 24.3 Å². The van der Waals surface area contributed by atoms with E-state index in [2.05, 4.69) is 0 Å². The molecule has 9 heteroatoms. The molecule has 1 saturated heterocycles. The van der Waals surface area contributed by atoms with Gasteiger partial charge < -0.3 is 34.5 Å². The number of ether oxygens (including phenoxy) is 2. The molecule has 172 valence electrons. The van der Waals surface area contributed by atoms with Crippen molar-refractivity contribution < 1.29 is 38.7 Å². The van der Waals surface area contributed by atoms with Crippen molar-refractivity contribution in [1.29, 1.82) is 0 Å². The van der Waals surface area contributed by atoms with E-state index in [1.54, 1.807) is 25.3 Å². The normalized spacial score (nSPS) is 25.9. The molecule has 0 aliphatic carbocycles. The van der Waals surface area contributed by atoms with Gasteiger partial charge in [0.05, 0.1) is 18.7 Å². The Bertz CT molecular complexity index is 1100. The van der Waals surface area contributed by atoms with Crippen LogP contribution < -0.4 is 4.74 Å². The highest BCUT2D eigenvalue weighted by atomic mass is 19.1. The first-order chi connectivity index (χ1) is 15.3. The summed E-state index contributed by atoms with van der Waals surface area (Å²) >= 11 is 0. The first-order valence-corrected chi connectivity index (χ1v) is 10.3. The lowest BCUT2D eigenvalue weighted by atomic mass is 9.98. The van der Waals surface area contributed by atoms with Crippen LogP contribution in [0.25, 0.3) is 10.9 Å². The lowest BCUT2D eigenvalue weighted by molar-refractivity contribution is -0.250. The second-order valence-electron chi connectivity index (χ2n) is 7.81. The monoisotopic (exact) mass is 449 g/mol. The molecule has 3 aromatic rings. The number of hydrogen-bond acceptors (Lipinski definition) is 6. The number of aliphatic hydroxyl groups excluding tert-OH is 4. The second kappa shape index (κ2) is 9.13. The number of nitrogens with zero attached hydrogens (tertiary/aromatic N) is 1. The van der Waals surface area contributed by atoms with Crippen LogP contribution in [0.5, 0.6) is 5.75 Å². The lowest BCUT2D eigenvalue weighted by Crippen LogP contribution is -2.56. The molecule has 1 aliphatic rings. The maximum Gasteiger partial charge on any atom is 0.163 e. The number of fused-ring (bicyclic) bond motifs is 1. The zero-order valence-electron chi connectivity index (χ0n) is 17.4.